The molecule has 0 aliphatic carbocycles. The molecule has 0 spiro atoms. The molecule has 1 aromatic carbocycles. The zero-order chi connectivity index (χ0) is 8.97. The molecule has 0 amide bonds. The predicted molar refractivity (Wildman–Crippen MR) is 52.6 cm³/mol. The number of methoxy groups -OCH3 is 1. The van der Waals surface area contributed by atoms with Gasteiger partial charge in [0.1, 0.15) is 0 Å². The summed E-state index contributed by atoms with van der Waals surface area (Å²) in [5.74, 6) is 0.641. The first kappa shape index (κ1) is 9.13. The van der Waals surface area contributed by atoms with Crippen molar-refractivity contribution in [2.75, 3.05) is 7.11 Å². The average molecular weight is 229 g/mol. The van der Waals surface area contributed by atoms with E-state index in [4.69, 9.17) is 4.74 Å². The van der Waals surface area contributed by atoms with Crippen LogP contribution in [-0.2, 0) is 0 Å². The Kier molecular flexibility index (Phi) is 3.17. The van der Waals surface area contributed by atoms with Gasteiger partial charge in [-0.15, -0.1) is 0 Å². The summed E-state index contributed by atoms with van der Waals surface area (Å²) in [6, 6.07) is 5.16. The molecule has 12 heavy (non-hydrogen) atoms. The van der Waals surface area contributed by atoms with Crippen LogP contribution in [0.4, 0.5) is 0 Å². The monoisotopic (exact) mass is 228 g/mol. The molecule has 0 saturated heterocycles. The number of phenolic OH excluding ortho intramolecular Hbond substituents is 1. The minimum atomic E-state index is 0.157. The Bertz CT molecular complexity index is 295. The molecular weight excluding hydrogens is 220 g/mol. The molecule has 2 nitrogen and oxygen atoms in total. The van der Waals surface area contributed by atoms with Crippen molar-refractivity contribution < 1.29 is 9.84 Å². The maximum Gasteiger partial charge on any atom is 0.161 e. The van der Waals surface area contributed by atoms with Crippen molar-refractivity contribution in [2.45, 2.75) is 0 Å². The second kappa shape index (κ2) is 4.16. The second-order valence-electron chi connectivity index (χ2n) is 2.22. The normalized spacial score (nSPS) is 10.5. The first-order valence-electron chi connectivity index (χ1n) is 3.41. The molecule has 1 aromatic rings. The van der Waals surface area contributed by atoms with Crippen molar-refractivity contribution in [3.05, 3.63) is 28.7 Å². The molecule has 0 heterocycles. The molecule has 0 bridgehead atoms. The molecule has 0 radical (unpaired) electrons. The highest BCUT2D eigenvalue weighted by atomic mass is 79.9. The van der Waals surface area contributed by atoms with Crippen LogP contribution in [-0.4, -0.2) is 12.2 Å². The van der Waals surface area contributed by atoms with E-state index in [1.54, 1.807) is 23.2 Å². The Balaban J connectivity index is 3.05. The molecule has 0 aliphatic heterocycles. The summed E-state index contributed by atoms with van der Waals surface area (Å²) in [6.45, 7) is 0. The molecule has 64 valence electrons. The zero-order valence-corrected chi connectivity index (χ0v) is 8.21. The zero-order valence-electron chi connectivity index (χ0n) is 6.62. The van der Waals surface area contributed by atoms with Gasteiger partial charge in [-0.1, -0.05) is 22.0 Å². The van der Waals surface area contributed by atoms with Gasteiger partial charge < -0.3 is 9.84 Å². The number of phenols is 1. The van der Waals surface area contributed by atoms with Crippen molar-refractivity contribution >= 4 is 22.0 Å². The smallest absolute Gasteiger partial charge is 0.161 e. The van der Waals surface area contributed by atoms with Crippen LogP contribution in [0.3, 0.4) is 0 Å². The maximum atomic E-state index is 9.24. The first-order chi connectivity index (χ1) is 5.77. The van der Waals surface area contributed by atoms with E-state index in [2.05, 4.69) is 15.9 Å². The van der Waals surface area contributed by atoms with Gasteiger partial charge in [0, 0.05) is 0 Å². The summed E-state index contributed by atoms with van der Waals surface area (Å²) < 4.78 is 4.93. The van der Waals surface area contributed by atoms with Gasteiger partial charge in [-0.2, -0.15) is 0 Å². The lowest BCUT2D eigenvalue weighted by Crippen LogP contribution is -1.83. The van der Waals surface area contributed by atoms with Gasteiger partial charge in [0.2, 0.25) is 0 Å². The Morgan fingerprint density at radius 1 is 1.50 bits per heavy atom. The van der Waals surface area contributed by atoms with Crippen molar-refractivity contribution in [3.8, 4) is 11.5 Å². The van der Waals surface area contributed by atoms with Crippen LogP contribution in [0.15, 0.2) is 23.2 Å². The van der Waals surface area contributed by atoms with Crippen molar-refractivity contribution in [1.29, 1.82) is 0 Å². The molecule has 0 fully saturated rings. The predicted octanol–water partition coefficient (Wildman–Crippen LogP) is 2.77. The van der Waals surface area contributed by atoms with Crippen molar-refractivity contribution in [2.24, 2.45) is 0 Å². The van der Waals surface area contributed by atoms with Crippen molar-refractivity contribution in [3.63, 3.8) is 0 Å². The molecule has 0 aliphatic rings. The number of benzene rings is 1. The second-order valence-corrected chi connectivity index (χ2v) is 2.75. The quantitative estimate of drug-likeness (QED) is 0.844. The fourth-order valence-corrected chi connectivity index (χ4v) is 1.18. The molecule has 0 unspecified atom stereocenters. The third-order valence-electron chi connectivity index (χ3n) is 1.46. The Morgan fingerprint density at radius 3 is 2.83 bits per heavy atom. The minimum Gasteiger partial charge on any atom is -0.504 e. The standard InChI is InChI=1S/C9H9BrO2/c1-12-9-6-7(4-5-10)2-3-8(9)11/h2-6,11H,1H3/b5-4+. The third-order valence-corrected chi connectivity index (χ3v) is 1.72. The summed E-state index contributed by atoms with van der Waals surface area (Å²) in [5, 5.41) is 9.24. The number of aromatic hydroxyl groups is 1. The van der Waals surface area contributed by atoms with Crippen LogP contribution in [0, 0.1) is 0 Å². The van der Waals surface area contributed by atoms with Crippen LogP contribution in [0.1, 0.15) is 5.56 Å². The molecule has 1 rings (SSSR count). The van der Waals surface area contributed by atoms with Crippen molar-refractivity contribution in [1.82, 2.24) is 0 Å². The maximum absolute atomic E-state index is 9.24. The SMILES string of the molecule is COc1cc(/C=C/Br)ccc1O. The van der Waals surface area contributed by atoms with Crippen LogP contribution in [0.25, 0.3) is 6.08 Å². The topological polar surface area (TPSA) is 29.5 Å². The van der Waals surface area contributed by atoms with E-state index < -0.39 is 0 Å². The Labute approximate surface area is 79.6 Å². The van der Waals surface area contributed by atoms with Crippen LogP contribution >= 0.6 is 15.9 Å². The molecule has 0 aromatic heterocycles. The lowest BCUT2D eigenvalue weighted by atomic mass is 10.2. The van der Waals surface area contributed by atoms with Gasteiger partial charge in [0.15, 0.2) is 11.5 Å². The van der Waals surface area contributed by atoms with Gasteiger partial charge in [-0.25, -0.2) is 0 Å². The number of rotatable bonds is 2. The largest absolute Gasteiger partial charge is 0.504 e. The highest BCUT2D eigenvalue weighted by Crippen LogP contribution is 2.26. The fourth-order valence-electron chi connectivity index (χ4n) is 0.871. The Hall–Kier alpha value is -0.960. The van der Waals surface area contributed by atoms with E-state index in [1.807, 2.05) is 6.08 Å². The molecule has 3 heteroatoms. The van der Waals surface area contributed by atoms with Crippen LogP contribution in [0.2, 0.25) is 0 Å². The number of halogens is 1. The van der Waals surface area contributed by atoms with Gasteiger partial charge in [0.05, 0.1) is 7.11 Å². The van der Waals surface area contributed by atoms with Crippen LogP contribution in [0.5, 0.6) is 11.5 Å². The lowest BCUT2D eigenvalue weighted by Gasteiger charge is -2.02. The molecule has 1 N–H and O–H groups in total. The van der Waals surface area contributed by atoms with Gasteiger partial charge in [-0.05, 0) is 28.8 Å². The minimum absolute atomic E-state index is 0.157. The van der Waals surface area contributed by atoms with Gasteiger partial charge >= 0.3 is 0 Å². The number of hydrogen-bond acceptors (Lipinski definition) is 2. The van der Waals surface area contributed by atoms with E-state index in [9.17, 15) is 5.11 Å². The summed E-state index contributed by atoms with van der Waals surface area (Å²) >= 11 is 3.17. The summed E-state index contributed by atoms with van der Waals surface area (Å²) in [6.07, 6.45) is 1.86. The average Bonchev–Trinajstić information content (AvgIpc) is 2.09. The van der Waals surface area contributed by atoms with E-state index in [0.29, 0.717) is 5.75 Å². The number of ether oxygens (including phenoxy) is 1. The molecule has 0 atom stereocenters. The van der Waals surface area contributed by atoms with E-state index in [-0.39, 0.29) is 5.75 Å². The summed E-state index contributed by atoms with van der Waals surface area (Å²) in [7, 11) is 1.52. The van der Waals surface area contributed by atoms with Gasteiger partial charge in [-0.3, -0.25) is 0 Å². The Morgan fingerprint density at radius 2 is 2.25 bits per heavy atom. The molecule has 0 saturated carbocycles. The first-order valence-corrected chi connectivity index (χ1v) is 4.33. The van der Waals surface area contributed by atoms with Gasteiger partial charge in [0.25, 0.3) is 0 Å². The lowest BCUT2D eigenvalue weighted by molar-refractivity contribution is 0.373. The van der Waals surface area contributed by atoms with E-state index >= 15 is 0 Å². The van der Waals surface area contributed by atoms with Crippen LogP contribution < -0.4 is 4.74 Å². The third kappa shape index (κ3) is 2.01. The number of hydrogen-bond donors (Lipinski definition) is 1. The highest BCUT2D eigenvalue weighted by molar-refractivity contribution is 9.11. The summed E-state index contributed by atoms with van der Waals surface area (Å²) in [5.41, 5.74) is 0.974. The molecular formula is C9H9BrO2. The highest BCUT2D eigenvalue weighted by Gasteiger charge is 1.99. The van der Waals surface area contributed by atoms with E-state index in [0.717, 1.165) is 5.56 Å². The van der Waals surface area contributed by atoms with E-state index in [1.165, 1.54) is 7.11 Å². The fraction of sp³-hybridized carbons (Fsp3) is 0.111. The summed E-state index contributed by atoms with van der Waals surface area (Å²) in [4.78, 5) is 1.75.